The number of hydrogen-bond donors (Lipinski definition) is 1. The van der Waals surface area contributed by atoms with Crippen LogP contribution in [0.2, 0.25) is 0 Å². The minimum atomic E-state index is -0.301. The lowest BCUT2D eigenvalue weighted by molar-refractivity contribution is -0.122. The molecule has 25 heavy (non-hydrogen) atoms. The number of benzene rings is 2. The highest BCUT2D eigenvalue weighted by atomic mass is 16.2. The Balaban J connectivity index is 1.54. The maximum Gasteiger partial charge on any atom is 0.263 e. The number of aromatic nitrogens is 4. The number of hydrogen-bond acceptors (Lipinski definition) is 5. The fourth-order valence-corrected chi connectivity index (χ4v) is 2.27. The molecule has 7 nitrogen and oxygen atoms in total. The van der Waals surface area contributed by atoms with Crippen LogP contribution in [0, 0.1) is 0 Å². The summed E-state index contributed by atoms with van der Waals surface area (Å²) in [5.74, 6) is 0.182. The van der Waals surface area contributed by atoms with Gasteiger partial charge in [0.1, 0.15) is 6.54 Å². The summed E-state index contributed by atoms with van der Waals surface area (Å²) in [5, 5.41) is 16.2. The molecule has 1 aromatic heterocycles. The van der Waals surface area contributed by atoms with E-state index >= 15 is 0 Å². The second kappa shape index (κ2) is 7.96. The summed E-state index contributed by atoms with van der Waals surface area (Å²) in [6.07, 6.45) is 0.681. The van der Waals surface area contributed by atoms with Crippen LogP contribution in [0.25, 0.3) is 11.4 Å². The molecule has 1 amide bonds. The highest BCUT2D eigenvalue weighted by Gasteiger charge is 2.08. The van der Waals surface area contributed by atoms with Gasteiger partial charge in [-0.15, -0.1) is 10.2 Å². The molecule has 1 N–H and O–H groups in total. The van der Waals surface area contributed by atoms with Crippen molar-refractivity contribution in [3.05, 3.63) is 66.2 Å². The van der Waals surface area contributed by atoms with E-state index in [9.17, 15) is 4.79 Å². The average molecular weight is 334 g/mol. The van der Waals surface area contributed by atoms with Crippen LogP contribution in [0.3, 0.4) is 0 Å². The number of carbonyl (C=O) groups is 1. The number of rotatable bonds is 6. The fraction of sp³-hybridized carbons (Fsp3) is 0.167. The van der Waals surface area contributed by atoms with Crippen LogP contribution >= 0.6 is 0 Å². The van der Waals surface area contributed by atoms with Gasteiger partial charge in [0, 0.05) is 17.7 Å². The Morgan fingerprint density at radius 3 is 2.48 bits per heavy atom. The Labute approximate surface area is 145 Å². The monoisotopic (exact) mass is 334 g/mol. The smallest absolute Gasteiger partial charge is 0.263 e. The van der Waals surface area contributed by atoms with Crippen LogP contribution in [0.15, 0.2) is 65.8 Å². The molecule has 3 rings (SSSR count). The summed E-state index contributed by atoms with van der Waals surface area (Å²) in [7, 11) is 0. The number of tetrazole rings is 1. The largest absolute Gasteiger partial charge is 0.271 e. The molecular formula is C18H18N6O. The maximum atomic E-state index is 12.0. The standard InChI is InChI=1S/C18H18N6O/c1-14(12-15-8-4-2-5-9-15)19-20-17(25)13-24-22-18(21-23-24)16-10-6-3-7-11-16/h2-11H,12-13H2,1H3,(H,20,25)/b19-14-. The predicted octanol–water partition coefficient (Wildman–Crippen LogP) is 2.07. The lowest BCUT2D eigenvalue weighted by atomic mass is 10.1. The van der Waals surface area contributed by atoms with E-state index in [2.05, 4.69) is 25.9 Å². The van der Waals surface area contributed by atoms with Crippen LogP contribution in [-0.4, -0.2) is 31.8 Å². The molecule has 0 aliphatic carbocycles. The topological polar surface area (TPSA) is 85.1 Å². The van der Waals surface area contributed by atoms with Crippen molar-refractivity contribution >= 4 is 11.6 Å². The molecule has 2 aromatic carbocycles. The van der Waals surface area contributed by atoms with Gasteiger partial charge in [-0.05, 0) is 17.7 Å². The normalized spacial score (nSPS) is 11.3. The van der Waals surface area contributed by atoms with Crippen LogP contribution in [-0.2, 0) is 17.8 Å². The molecule has 1 heterocycles. The van der Waals surface area contributed by atoms with Gasteiger partial charge in [0.25, 0.3) is 5.91 Å². The Morgan fingerprint density at radius 1 is 1.08 bits per heavy atom. The first-order valence-electron chi connectivity index (χ1n) is 7.90. The summed E-state index contributed by atoms with van der Waals surface area (Å²) in [4.78, 5) is 13.2. The molecule has 0 aliphatic rings. The zero-order valence-corrected chi connectivity index (χ0v) is 13.8. The van der Waals surface area contributed by atoms with Gasteiger partial charge in [0.15, 0.2) is 0 Å². The number of hydrazone groups is 1. The van der Waals surface area contributed by atoms with Crippen molar-refractivity contribution in [3.8, 4) is 11.4 Å². The van der Waals surface area contributed by atoms with Gasteiger partial charge in [-0.25, -0.2) is 5.43 Å². The van der Waals surface area contributed by atoms with Crippen LogP contribution in [0.1, 0.15) is 12.5 Å². The second-order valence-corrected chi connectivity index (χ2v) is 5.55. The molecule has 7 heteroatoms. The molecule has 0 unspecified atom stereocenters. The Bertz CT molecular complexity index is 858. The van der Waals surface area contributed by atoms with Gasteiger partial charge in [0.2, 0.25) is 5.82 Å². The molecule has 0 saturated carbocycles. The first-order valence-corrected chi connectivity index (χ1v) is 7.90. The van der Waals surface area contributed by atoms with Crippen molar-refractivity contribution in [1.82, 2.24) is 25.6 Å². The molecule has 0 aliphatic heterocycles. The van der Waals surface area contributed by atoms with E-state index in [1.165, 1.54) is 4.80 Å². The molecule has 0 saturated heterocycles. The molecule has 0 spiro atoms. The molecular weight excluding hydrogens is 316 g/mol. The van der Waals surface area contributed by atoms with E-state index in [1.807, 2.05) is 67.6 Å². The lowest BCUT2D eigenvalue weighted by Crippen LogP contribution is -2.25. The molecule has 0 fully saturated rings. The molecule has 0 atom stereocenters. The van der Waals surface area contributed by atoms with Gasteiger partial charge in [0.05, 0.1) is 0 Å². The minimum absolute atomic E-state index is 0.0397. The quantitative estimate of drug-likeness (QED) is 0.552. The van der Waals surface area contributed by atoms with Gasteiger partial charge in [-0.1, -0.05) is 60.7 Å². The summed E-state index contributed by atoms with van der Waals surface area (Å²) in [6, 6.07) is 19.4. The third-order valence-corrected chi connectivity index (χ3v) is 3.44. The maximum absolute atomic E-state index is 12.0. The van der Waals surface area contributed by atoms with E-state index < -0.39 is 0 Å². The van der Waals surface area contributed by atoms with Gasteiger partial charge < -0.3 is 0 Å². The zero-order chi connectivity index (χ0) is 17.5. The Kier molecular flexibility index (Phi) is 5.26. The van der Waals surface area contributed by atoms with Crippen molar-refractivity contribution in [2.75, 3.05) is 0 Å². The minimum Gasteiger partial charge on any atom is -0.271 e. The molecule has 0 bridgehead atoms. The molecule has 0 radical (unpaired) electrons. The SMILES string of the molecule is C/C(Cc1ccccc1)=N/NC(=O)Cn1nnc(-c2ccccc2)n1. The predicted molar refractivity (Wildman–Crippen MR) is 94.7 cm³/mol. The first-order chi connectivity index (χ1) is 12.2. The van der Waals surface area contributed by atoms with E-state index in [-0.39, 0.29) is 12.5 Å². The summed E-state index contributed by atoms with van der Waals surface area (Å²) in [5.41, 5.74) is 5.33. The first kappa shape index (κ1) is 16.5. The van der Waals surface area contributed by atoms with Crippen molar-refractivity contribution in [2.24, 2.45) is 5.10 Å². The summed E-state index contributed by atoms with van der Waals surface area (Å²) >= 11 is 0. The van der Waals surface area contributed by atoms with Gasteiger partial charge in [-0.3, -0.25) is 4.79 Å². The Morgan fingerprint density at radius 2 is 1.76 bits per heavy atom. The van der Waals surface area contributed by atoms with Crippen LogP contribution < -0.4 is 5.43 Å². The summed E-state index contributed by atoms with van der Waals surface area (Å²) in [6.45, 7) is 1.83. The number of amides is 1. The van der Waals surface area contributed by atoms with Crippen LogP contribution in [0.5, 0.6) is 0 Å². The zero-order valence-electron chi connectivity index (χ0n) is 13.8. The Hall–Kier alpha value is -3.35. The number of nitrogens with one attached hydrogen (secondary N) is 1. The highest BCUT2D eigenvalue weighted by Crippen LogP contribution is 2.11. The van der Waals surface area contributed by atoms with Crippen molar-refractivity contribution in [3.63, 3.8) is 0 Å². The average Bonchev–Trinajstić information content (AvgIpc) is 3.10. The molecule has 3 aromatic rings. The lowest BCUT2D eigenvalue weighted by Gasteiger charge is -2.02. The van der Waals surface area contributed by atoms with Crippen molar-refractivity contribution in [2.45, 2.75) is 19.9 Å². The third kappa shape index (κ3) is 4.81. The summed E-state index contributed by atoms with van der Waals surface area (Å²) < 4.78 is 0. The van der Waals surface area contributed by atoms with E-state index in [0.29, 0.717) is 12.2 Å². The van der Waals surface area contributed by atoms with E-state index in [1.54, 1.807) is 0 Å². The van der Waals surface area contributed by atoms with Gasteiger partial charge in [-0.2, -0.15) is 9.90 Å². The second-order valence-electron chi connectivity index (χ2n) is 5.55. The van der Waals surface area contributed by atoms with E-state index in [0.717, 1.165) is 16.8 Å². The fourth-order valence-electron chi connectivity index (χ4n) is 2.27. The van der Waals surface area contributed by atoms with Crippen molar-refractivity contribution < 1.29 is 4.79 Å². The van der Waals surface area contributed by atoms with Gasteiger partial charge >= 0.3 is 0 Å². The third-order valence-electron chi connectivity index (χ3n) is 3.44. The van der Waals surface area contributed by atoms with Crippen LogP contribution in [0.4, 0.5) is 0 Å². The highest BCUT2D eigenvalue weighted by molar-refractivity contribution is 5.86. The number of carbonyl (C=O) groups excluding carboxylic acids is 1. The van der Waals surface area contributed by atoms with E-state index in [4.69, 9.17) is 0 Å². The number of nitrogens with zero attached hydrogens (tertiary/aromatic N) is 5. The van der Waals surface area contributed by atoms with Crippen molar-refractivity contribution in [1.29, 1.82) is 0 Å². The molecule has 126 valence electrons.